The number of nitrogens with zero attached hydrogens (tertiary/aromatic N) is 2. The highest BCUT2D eigenvalue weighted by atomic mass is 19.1. The predicted molar refractivity (Wildman–Crippen MR) is 163 cm³/mol. The first kappa shape index (κ1) is 30.8. The normalized spacial score (nSPS) is 13.3. The van der Waals surface area contributed by atoms with E-state index in [1.54, 1.807) is 71.3 Å². The zero-order chi connectivity index (χ0) is 30.8. The number of amides is 1. The average molecular weight is 578 g/mol. The van der Waals surface area contributed by atoms with Crippen LogP contribution in [0.3, 0.4) is 0 Å². The Labute approximate surface area is 245 Å². The van der Waals surface area contributed by atoms with Gasteiger partial charge >= 0.3 is 6.09 Å². The molecule has 224 valence electrons. The van der Waals surface area contributed by atoms with Crippen LogP contribution < -0.4 is 20.3 Å². The number of hydrogen-bond donors (Lipinski definition) is 1. The van der Waals surface area contributed by atoms with Gasteiger partial charge in [-0.2, -0.15) is 0 Å². The van der Waals surface area contributed by atoms with Gasteiger partial charge in [0.2, 0.25) is 0 Å². The summed E-state index contributed by atoms with van der Waals surface area (Å²) in [6.45, 7) is 13.2. The van der Waals surface area contributed by atoms with Gasteiger partial charge in [0.05, 0.1) is 35.8 Å². The molecule has 0 fully saturated rings. The summed E-state index contributed by atoms with van der Waals surface area (Å²) in [5.41, 5.74) is -0.341. The first-order valence-electron chi connectivity index (χ1n) is 14.1. The van der Waals surface area contributed by atoms with Crippen LogP contribution >= 0.6 is 0 Å². The van der Waals surface area contributed by atoms with Crippen molar-refractivity contribution >= 4 is 27.8 Å². The van der Waals surface area contributed by atoms with Crippen molar-refractivity contribution in [2.45, 2.75) is 72.6 Å². The van der Waals surface area contributed by atoms with E-state index in [4.69, 9.17) is 14.2 Å². The molecule has 1 amide bonds. The van der Waals surface area contributed by atoms with E-state index in [9.17, 15) is 9.59 Å². The fraction of sp³-hybridized carbons (Fsp3) is 0.424. The Bertz CT molecular complexity index is 1660. The van der Waals surface area contributed by atoms with Crippen molar-refractivity contribution in [1.29, 1.82) is 0 Å². The molecule has 8 nitrogen and oxygen atoms in total. The van der Waals surface area contributed by atoms with Crippen LogP contribution in [0.1, 0.15) is 59.2 Å². The van der Waals surface area contributed by atoms with E-state index < -0.39 is 23.1 Å². The molecule has 0 spiro atoms. The largest absolute Gasteiger partial charge is 0.497 e. The highest BCUT2D eigenvalue weighted by molar-refractivity contribution is 6.06. The number of fused-ring (bicyclic) bond motifs is 3. The summed E-state index contributed by atoms with van der Waals surface area (Å²) >= 11 is 0. The molecule has 0 aliphatic heterocycles. The van der Waals surface area contributed by atoms with Crippen molar-refractivity contribution < 1.29 is 23.4 Å². The molecule has 2 heterocycles. The molecule has 42 heavy (non-hydrogen) atoms. The number of hydrogen-bond acceptors (Lipinski definition) is 6. The second-order valence-corrected chi connectivity index (χ2v) is 12.4. The van der Waals surface area contributed by atoms with Crippen molar-refractivity contribution in [2.75, 3.05) is 13.7 Å². The average Bonchev–Trinajstić information content (AvgIpc) is 2.89. The van der Waals surface area contributed by atoms with E-state index in [1.165, 1.54) is 4.57 Å². The van der Waals surface area contributed by atoms with Gasteiger partial charge < -0.3 is 24.1 Å². The molecule has 1 unspecified atom stereocenters. The summed E-state index contributed by atoms with van der Waals surface area (Å²) in [4.78, 5) is 30.8. The number of halogens is 1. The second kappa shape index (κ2) is 12.0. The molecule has 1 N–H and O–H groups in total. The molecule has 0 saturated carbocycles. The molecule has 1 atom stereocenters. The van der Waals surface area contributed by atoms with Gasteiger partial charge in [-0.3, -0.25) is 9.78 Å². The lowest BCUT2D eigenvalue weighted by molar-refractivity contribution is 0.0406. The lowest BCUT2D eigenvalue weighted by atomic mass is 9.91. The lowest BCUT2D eigenvalue weighted by Crippen LogP contribution is -2.52. The molecule has 2 aromatic carbocycles. The van der Waals surface area contributed by atoms with Crippen molar-refractivity contribution in [3.05, 3.63) is 76.1 Å². The monoisotopic (exact) mass is 577 g/mol. The van der Waals surface area contributed by atoms with E-state index in [1.807, 2.05) is 32.9 Å². The highest BCUT2D eigenvalue weighted by Gasteiger charge is 2.31. The van der Waals surface area contributed by atoms with Crippen LogP contribution in [0.4, 0.5) is 9.18 Å². The maximum atomic E-state index is 16.4. The Kier molecular flexibility index (Phi) is 8.80. The quantitative estimate of drug-likeness (QED) is 0.221. The van der Waals surface area contributed by atoms with Crippen LogP contribution in [-0.2, 0) is 11.3 Å². The number of rotatable bonds is 9. The molecular formula is C33H40FN3O5. The summed E-state index contributed by atoms with van der Waals surface area (Å²) in [7, 11) is 1.58. The predicted octanol–water partition coefficient (Wildman–Crippen LogP) is 6.76. The van der Waals surface area contributed by atoms with Gasteiger partial charge in [-0.05, 0) is 88.2 Å². The van der Waals surface area contributed by atoms with Gasteiger partial charge in [-0.25, -0.2) is 9.18 Å². The number of ether oxygens (including phenoxy) is 3. The van der Waals surface area contributed by atoms with Crippen LogP contribution in [0, 0.1) is 18.7 Å². The second-order valence-electron chi connectivity index (χ2n) is 12.4. The topological polar surface area (TPSA) is 91.7 Å². The molecule has 4 aromatic rings. The van der Waals surface area contributed by atoms with Gasteiger partial charge in [0.1, 0.15) is 18.0 Å². The van der Waals surface area contributed by atoms with Crippen LogP contribution in [-0.4, -0.2) is 40.5 Å². The minimum absolute atomic E-state index is 0.00777. The Balaban J connectivity index is 1.79. The Morgan fingerprint density at radius 1 is 1.05 bits per heavy atom. The Morgan fingerprint density at radius 2 is 1.74 bits per heavy atom. The van der Waals surface area contributed by atoms with E-state index in [0.717, 1.165) is 5.56 Å². The third-order valence-corrected chi connectivity index (χ3v) is 6.95. The number of aryl methyl sites for hydroxylation is 1. The number of carbonyl (C=O) groups excluding carboxylic acids is 1. The van der Waals surface area contributed by atoms with E-state index in [2.05, 4.69) is 10.3 Å². The molecule has 0 bridgehead atoms. The molecule has 4 rings (SSSR count). The molecule has 0 aliphatic carbocycles. The highest BCUT2D eigenvalue weighted by Crippen LogP contribution is 2.32. The smallest absolute Gasteiger partial charge is 0.408 e. The van der Waals surface area contributed by atoms with E-state index in [-0.39, 0.29) is 35.9 Å². The maximum Gasteiger partial charge on any atom is 0.408 e. The van der Waals surface area contributed by atoms with Crippen molar-refractivity contribution in [1.82, 2.24) is 14.9 Å². The van der Waals surface area contributed by atoms with Crippen molar-refractivity contribution in [3.63, 3.8) is 0 Å². The summed E-state index contributed by atoms with van der Waals surface area (Å²) in [5.74, 6) is 0.226. The van der Waals surface area contributed by atoms with Gasteiger partial charge in [0, 0.05) is 11.6 Å². The third-order valence-electron chi connectivity index (χ3n) is 6.95. The van der Waals surface area contributed by atoms with Crippen molar-refractivity contribution in [2.24, 2.45) is 5.92 Å². The number of benzene rings is 2. The summed E-state index contributed by atoms with van der Waals surface area (Å²) in [6.07, 6.45) is 1.62. The minimum atomic E-state index is -0.840. The van der Waals surface area contributed by atoms with Crippen LogP contribution in [0.25, 0.3) is 21.7 Å². The third kappa shape index (κ3) is 6.83. The van der Waals surface area contributed by atoms with E-state index in [0.29, 0.717) is 34.0 Å². The fourth-order valence-electron chi connectivity index (χ4n) is 5.33. The molecular weight excluding hydrogens is 537 g/mol. The zero-order valence-corrected chi connectivity index (χ0v) is 25.6. The standard InChI is InChI=1S/C33H40FN3O5/c1-20(2)17-33(7,36-31(39)42-32(4,5)6)19-41-26-14-13-25-24-15-16-35-21(3)27(24)30(38)37(29(25)28(26)34)18-22-9-11-23(40-8)12-10-22/h9-16,20H,17-19H2,1-8H3,(H,36,39). The molecule has 2 aromatic heterocycles. The maximum absolute atomic E-state index is 16.4. The number of nitrogens with one attached hydrogen (secondary N) is 1. The van der Waals surface area contributed by atoms with Gasteiger partial charge in [-0.15, -0.1) is 0 Å². The first-order chi connectivity index (χ1) is 19.7. The first-order valence-corrected chi connectivity index (χ1v) is 14.1. The van der Waals surface area contributed by atoms with Crippen molar-refractivity contribution in [3.8, 4) is 11.5 Å². The Morgan fingerprint density at radius 3 is 2.36 bits per heavy atom. The van der Waals surface area contributed by atoms with E-state index >= 15 is 4.39 Å². The summed E-state index contributed by atoms with van der Waals surface area (Å²) < 4.78 is 34.7. The lowest BCUT2D eigenvalue weighted by Gasteiger charge is -2.33. The minimum Gasteiger partial charge on any atom is -0.497 e. The SMILES string of the molecule is COc1ccc(Cn2c(=O)c3c(C)nccc3c3ccc(OCC(C)(CC(C)C)NC(=O)OC(C)(C)C)c(F)c32)cc1. The fourth-order valence-corrected chi connectivity index (χ4v) is 5.33. The number of methoxy groups -OCH3 is 1. The molecule has 9 heteroatoms. The number of carbonyl (C=O) groups is 1. The van der Waals surface area contributed by atoms with Crippen LogP contribution in [0.2, 0.25) is 0 Å². The Hall–Kier alpha value is -4.14. The molecule has 0 aliphatic rings. The van der Waals surface area contributed by atoms with Crippen LogP contribution in [0.15, 0.2) is 53.5 Å². The van der Waals surface area contributed by atoms with Gasteiger partial charge in [-0.1, -0.05) is 26.0 Å². The summed E-state index contributed by atoms with van der Waals surface area (Å²) in [6, 6.07) is 12.3. The number of alkyl carbamates (subject to hydrolysis) is 1. The molecule has 0 saturated heterocycles. The van der Waals surface area contributed by atoms with Gasteiger partial charge in [0.15, 0.2) is 11.6 Å². The zero-order valence-electron chi connectivity index (χ0n) is 25.6. The van der Waals surface area contributed by atoms with Crippen LogP contribution in [0.5, 0.6) is 11.5 Å². The number of aromatic nitrogens is 2. The summed E-state index contributed by atoms with van der Waals surface area (Å²) in [5, 5.41) is 4.56. The molecule has 0 radical (unpaired) electrons. The van der Waals surface area contributed by atoms with Gasteiger partial charge in [0.25, 0.3) is 5.56 Å². The number of pyridine rings is 2.